The Kier molecular flexibility index (Phi) is 2.49. The lowest BCUT2D eigenvalue weighted by atomic mass is 10.1. The fraction of sp³-hybridized carbons (Fsp3) is 0.667. The van der Waals surface area contributed by atoms with Gasteiger partial charge >= 0.3 is 0 Å². The molecular formula is C9H14N2O2. The van der Waals surface area contributed by atoms with Gasteiger partial charge in [-0.05, 0) is 19.3 Å². The lowest BCUT2D eigenvalue weighted by Crippen LogP contribution is -2.29. The standard InChI is InChI=1S/C9H14N2O2/c12-6-8-7-13-9(10-8)11-4-2-1-3-5-11/h7,12H,1-6H2. The molecule has 0 spiro atoms. The SMILES string of the molecule is OCc1coc(N2CCCCC2)n1. The molecule has 0 aliphatic carbocycles. The number of aliphatic hydroxyl groups excluding tert-OH is 1. The molecule has 0 aromatic carbocycles. The molecule has 1 N–H and O–H groups in total. The van der Waals surface area contributed by atoms with Crippen molar-refractivity contribution in [1.82, 2.24) is 4.98 Å². The van der Waals surface area contributed by atoms with E-state index in [1.807, 2.05) is 0 Å². The van der Waals surface area contributed by atoms with Gasteiger partial charge in [-0.1, -0.05) is 0 Å². The molecule has 0 radical (unpaired) electrons. The Morgan fingerprint density at radius 3 is 2.77 bits per heavy atom. The molecule has 0 amide bonds. The maximum atomic E-state index is 8.81. The van der Waals surface area contributed by atoms with Crippen LogP contribution in [0.25, 0.3) is 0 Å². The molecule has 13 heavy (non-hydrogen) atoms. The monoisotopic (exact) mass is 182 g/mol. The largest absolute Gasteiger partial charge is 0.432 e. The van der Waals surface area contributed by atoms with Crippen LogP contribution in [0.5, 0.6) is 0 Å². The van der Waals surface area contributed by atoms with Crippen molar-refractivity contribution >= 4 is 6.01 Å². The Balaban J connectivity index is 2.05. The van der Waals surface area contributed by atoms with Crippen molar-refractivity contribution in [1.29, 1.82) is 0 Å². The molecule has 1 aliphatic rings. The first-order valence-corrected chi connectivity index (χ1v) is 4.70. The quantitative estimate of drug-likeness (QED) is 0.745. The minimum absolute atomic E-state index is 0.0443. The van der Waals surface area contributed by atoms with Crippen LogP contribution in [-0.2, 0) is 6.61 Å². The first-order valence-electron chi connectivity index (χ1n) is 4.70. The predicted molar refractivity (Wildman–Crippen MR) is 48.5 cm³/mol. The average Bonchev–Trinajstić information content (AvgIpc) is 2.67. The zero-order valence-corrected chi connectivity index (χ0v) is 7.57. The third kappa shape index (κ3) is 1.83. The highest BCUT2D eigenvalue weighted by Gasteiger charge is 2.15. The summed E-state index contributed by atoms with van der Waals surface area (Å²) in [6, 6.07) is 0.656. The van der Waals surface area contributed by atoms with Crippen LogP contribution in [0.15, 0.2) is 10.7 Å². The molecule has 4 heteroatoms. The first-order chi connectivity index (χ1) is 6.40. The van der Waals surface area contributed by atoms with Crippen LogP contribution in [0, 0.1) is 0 Å². The van der Waals surface area contributed by atoms with Gasteiger partial charge in [0.1, 0.15) is 12.0 Å². The third-order valence-corrected chi connectivity index (χ3v) is 2.33. The van der Waals surface area contributed by atoms with Crippen molar-refractivity contribution in [2.75, 3.05) is 18.0 Å². The van der Waals surface area contributed by atoms with E-state index in [0.717, 1.165) is 13.1 Å². The molecule has 1 aromatic rings. The summed E-state index contributed by atoms with van der Waals surface area (Å²) in [5, 5.41) is 8.81. The van der Waals surface area contributed by atoms with Crippen LogP contribution in [0.4, 0.5) is 6.01 Å². The van der Waals surface area contributed by atoms with Gasteiger partial charge in [0.2, 0.25) is 0 Å². The van der Waals surface area contributed by atoms with Crippen molar-refractivity contribution in [2.24, 2.45) is 0 Å². The maximum Gasteiger partial charge on any atom is 0.297 e. The normalized spacial score (nSPS) is 17.8. The highest BCUT2D eigenvalue weighted by molar-refractivity contribution is 5.27. The number of rotatable bonds is 2. The minimum atomic E-state index is -0.0443. The van der Waals surface area contributed by atoms with E-state index in [0.29, 0.717) is 11.7 Å². The van der Waals surface area contributed by atoms with Gasteiger partial charge in [-0.2, -0.15) is 4.98 Å². The minimum Gasteiger partial charge on any atom is -0.432 e. The Labute approximate surface area is 77.2 Å². The lowest BCUT2D eigenvalue weighted by Gasteiger charge is -2.24. The van der Waals surface area contributed by atoms with Crippen molar-refractivity contribution in [3.63, 3.8) is 0 Å². The number of hydrogen-bond donors (Lipinski definition) is 1. The van der Waals surface area contributed by atoms with Gasteiger partial charge in [0.05, 0.1) is 6.61 Å². The van der Waals surface area contributed by atoms with E-state index in [9.17, 15) is 0 Å². The summed E-state index contributed by atoms with van der Waals surface area (Å²) >= 11 is 0. The van der Waals surface area contributed by atoms with Crippen LogP contribution in [0.3, 0.4) is 0 Å². The van der Waals surface area contributed by atoms with Gasteiger partial charge in [0, 0.05) is 13.1 Å². The van der Waals surface area contributed by atoms with Gasteiger partial charge in [-0.15, -0.1) is 0 Å². The lowest BCUT2D eigenvalue weighted by molar-refractivity contribution is 0.276. The molecule has 0 unspecified atom stereocenters. The van der Waals surface area contributed by atoms with Crippen LogP contribution in [0.1, 0.15) is 25.0 Å². The molecule has 4 nitrogen and oxygen atoms in total. The number of hydrogen-bond acceptors (Lipinski definition) is 4. The Morgan fingerprint density at radius 2 is 2.15 bits per heavy atom. The molecule has 2 heterocycles. The highest BCUT2D eigenvalue weighted by atomic mass is 16.4. The predicted octanol–water partition coefficient (Wildman–Crippen LogP) is 1.16. The molecule has 2 rings (SSSR count). The van der Waals surface area contributed by atoms with E-state index in [1.165, 1.54) is 25.5 Å². The van der Waals surface area contributed by atoms with E-state index in [1.54, 1.807) is 0 Å². The smallest absolute Gasteiger partial charge is 0.297 e. The van der Waals surface area contributed by atoms with Crippen LogP contribution < -0.4 is 4.90 Å². The zero-order valence-electron chi connectivity index (χ0n) is 7.57. The maximum absolute atomic E-state index is 8.81. The molecule has 0 saturated carbocycles. The summed E-state index contributed by atoms with van der Waals surface area (Å²) in [5.41, 5.74) is 0.612. The van der Waals surface area contributed by atoms with E-state index >= 15 is 0 Å². The molecule has 0 atom stereocenters. The number of aliphatic hydroxyl groups is 1. The van der Waals surface area contributed by atoms with Crippen molar-refractivity contribution in [2.45, 2.75) is 25.9 Å². The molecule has 1 fully saturated rings. The second kappa shape index (κ2) is 3.79. The van der Waals surface area contributed by atoms with Crippen molar-refractivity contribution in [3.8, 4) is 0 Å². The number of anilines is 1. The van der Waals surface area contributed by atoms with E-state index in [2.05, 4.69) is 9.88 Å². The molecule has 1 aliphatic heterocycles. The molecular weight excluding hydrogens is 168 g/mol. The third-order valence-electron chi connectivity index (χ3n) is 2.33. The van der Waals surface area contributed by atoms with Gasteiger partial charge in [0.25, 0.3) is 6.01 Å². The van der Waals surface area contributed by atoms with E-state index in [-0.39, 0.29) is 6.61 Å². The number of aromatic nitrogens is 1. The number of nitrogens with zero attached hydrogens (tertiary/aromatic N) is 2. The van der Waals surface area contributed by atoms with Crippen molar-refractivity contribution in [3.05, 3.63) is 12.0 Å². The fourth-order valence-corrected chi connectivity index (χ4v) is 1.60. The average molecular weight is 182 g/mol. The van der Waals surface area contributed by atoms with E-state index in [4.69, 9.17) is 9.52 Å². The summed E-state index contributed by atoms with van der Waals surface area (Å²) in [6.45, 7) is 1.99. The Morgan fingerprint density at radius 1 is 1.38 bits per heavy atom. The van der Waals surface area contributed by atoms with Crippen LogP contribution in [-0.4, -0.2) is 23.2 Å². The second-order valence-electron chi connectivity index (χ2n) is 3.33. The highest BCUT2D eigenvalue weighted by Crippen LogP contribution is 2.18. The molecule has 0 bridgehead atoms. The van der Waals surface area contributed by atoms with Gasteiger partial charge in [0.15, 0.2) is 0 Å². The van der Waals surface area contributed by atoms with Crippen LogP contribution in [0.2, 0.25) is 0 Å². The van der Waals surface area contributed by atoms with Crippen LogP contribution >= 0.6 is 0 Å². The Hall–Kier alpha value is -1.03. The molecule has 1 aromatic heterocycles. The molecule has 72 valence electrons. The number of piperidine rings is 1. The molecule has 1 saturated heterocycles. The second-order valence-corrected chi connectivity index (χ2v) is 3.33. The first kappa shape index (κ1) is 8.56. The van der Waals surface area contributed by atoms with Gasteiger partial charge in [-0.3, -0.25) is 0 Å². The summed E-state index contributed by atoms with van der Waals surface area (Å²) in [5.74, 6) is 0. The summed E-state index contributed by atoms with van der Waals surface area (Å²) in [7, 11) is 0. The summed E-state index contributed by atoms with van der Waals surface area (Å²) in [4.78, 5) is 6.29. The van der Waals surface area contributed by atoms with Gasteiger partial charge < -0.3 is 14.4 Å². The van der Waals surface area contributed by atoms with Gasteiger partial charge in [-0.25, -0.2) is 0 Å². The van der Waals surface area contributed by atoms with Crippen molar-refractivity contribution < 1.29 is 9.52 Å². The zero-order chi connectivity index (χ0) is 9.10. The summed E-state index contributed by atoms with van der Waals surface area (Å²) < 4.78 is 5.25. The summed E-state index contributed by atoms with van der Waals surface area (Å²) in [6.07, 6.45) is 5.22. The van der Waals surface area contributed by atoms with E-state index < -0.39 is 0 Å². The fourth-order valence-electron chi connectivity index (χ4n) is 1.60. The Bertz CT molecular complexity index is 266. The topological polar surface area (TPSA) is 49.5 Å². The number of oxazole rings is 1.